The Morgan fingerprint density at radius 3 is 2.24 bits per heavy atom. The molecular formula is C28H15BrN8O4. The van der Waals surface area contributed by atoms with Crippen molar-refractivity contribution in [1.29, 1.82) is 0 Å². The summed E-state index contributed by atoms with van der Waals surface area (Å²) in [4.78, 5) is 39.4. The van der Waals surface area contributed by atoms with E-state index in [2.05, 4.69) is 30.9 Å². The molecule has 12 nitrogen and oxygen atoms in total. The van der Waals surface area contributed by atoms with Crippen LogP contribution in [0.25, 0.3) is 61.2 Å². The lowest BCUT2D eigenvalue weighted by atomic mass is 10.1. The van der Waals surface area contributed by atoms with Gasteiger partial charge in [-0.25, -0.2) is 9.67 Å². The number of nitrogens with zero attached hydrogens (tertiary/aromatic N) is 7. The fourth-order valence-electron chi connectivity index (χ4n) is 4.93. The number of aromatic nitrogens is 6. The van der Waals surface area contributed by atoms with Gasteiger partial charge in [0.2, 0.25) is 0 Å². The largest absolute Gasteiger partial charge is 0.337 e. The van der Waals surface area contributed by atoms with Gasteiger partial charge in [0.15, 0.2) is 0 Å². The molecule has 0 aliphatic rings. The van der Waals surface area contributed by atoms with Crippen LogP contribution >= 0.6 is 15.9 Å². The quantitative estimate of drug-likeness (QED) is 0.128. The van der Waals surface area contributed by atoms with Crippen LogP contribution in [0, 0.1) is 20.2 Å². The van der Waals surface area contributed by atoms with E-state index in [-0.39, 0.29) is 11.4 Å². The number of fused-ring (bicyclic) bond motifs is 6. The first kappa shape index (κ1) is 24.5. The van der Waals surface area contributed by atoms with Crippen LogP contribution in [0.3, 0.4) is 0 Å². The second kappa shape index (κ2) is 9.27. The summed E-state index contributed by atoms with van der Waals surface area (Å²) in [7, 11) is 0. The molecule has 0 aliphatic carbocycles. The summed E-state index contributed by atoms with van der Waals surface area (Å²) in [6, 6.07) is 18.5. The molecule has 0 fully saturated rings. The third-order valence-corrected chi connectivity index (χ3v) is 7.30. The first-order valence-electron chi connectivity index (χ1n) is 12.2. The lowest BCUT2D eigenvalue weighted by molar-refractivity contribution is -0.394. The highest BCUT2D eigenvalue weighted by molar-refractivity contribution is 9.10. The van der Waals surface area contributed by atoms with Gasteiger partial charge >= 0.3 is 5.69 Å². The molecule has 41 heavy (non-hydrogen) atoms. The molecule has 13 heteroatoms. The number of hydrogen-bond donors (Lipinski definition) is 1. The Morgan fingerprint density at radius 2 is 1.54 bits per heavy atom. The van der Waals surface area contributed by atoms with Crippen LogP contribution in [0.15, 0.2) is 89.8 Å². The number of nitrogens with one attached hydrogen (secondary N) is 1. The number of nitro groups is 2. The molecule has 0 saturated carbocycles. The van der Waals surface area contributed by atoms with Crippen LogP contribution in [-0.2, 0) is 0 Å². The molecule has 3 aromatic carbocycles. The minimum atomic E-state index is -0.675. The van der Waals surface area contributed by atoms with Crippen molar-refractivity contribution in [2.45, 2.75) is 0 Å². The molecule has 0 bridgehead atoms. The summed E-state index contributed by atoms with van der Waals surface area (Å²) in [5.41, 5.74) is 3.97. The van der Waals surface area contributed by atoms with E-state index >= 15 is 0 Å². The number of rotatable bonds is 5. The van der Waals surface area contributed by atoms with Crippen LogP contribution in [-0.4, -0.2) is 39.6 Å². The Morgan fingerprint density at radius 1 is 0.829 bits per heavy atom. The van der Waals surface area contributed by atoms with Gasteiger partial charge in [0.05, 0.1) is 43.5 Å². The number of benzene rings is 3. The first-order valence-corrected chi connectivity index (χ1v) is 13.0. The number of imidazole rings is 1. The highest BCUT2D eigenvalue weighted by atomic mass is 79.9. The van der Waals surface area contributed by atoms with Crippen LogP contribution in [0.5, 0.6) is 0 Å². The van der Waals surface area contributed by atoms with E-state index in [1.165, 1.54) is 16.8 Å². The number of pyridine rings is 2. The number of halogens is 1. The normalized spacial score (nSPS) is 11.4. The second-order valence-corrected chi connectivity index (χ2v) is 10.1. The fourth-order valence-corrected chi connectivity index (χ4v) is 5.19. The lowest BCUT2D eigenvalue weighted by Crippen LogP contribution is -2.02. The average molecular weight is 607 g/mol. The maximum Gasteiger partial charge on any atom is 0.301 e. The molecule has 7 aromatic rings. The molecule has 0 amide bonds. The van der Waals surface area contributed by atoms with Crippen molar-refractivity contribution in [3.8, 4) is 28.3 Å². The van der Waals surface area contributed by atoms with Gasteiger partial charge < -0.3 is 4.98 Å². The summed E-state index contributed by atoms with van der Waals surface area (Å²) in [5.74, 6) is 0.482. The molecule has 1 N–H and O–H groups in total. The van der Waals surface area contributed by atoms with E-state index < -0.39 is 15.5 Å². The molecule has 0 spiro atoms. The van der Waals surface area contributed by atoms with Crippen LogP contribution in [0.4, 0.5) is 11.4 Å². The molecule has 0 saturated heterocycles. The summed E-state index contributed by atoms with van der Waals surface area (Å²) >= 11 is 3.45. The molecule has 0 atom stereocenters. The van der Waals surface area contributed by atoms with E-state index in [0.29, 0.717) is 22.6 Å². The Kier molecular flexibility index (Phi) is 5.54. The molecule has 0 unspecified atom stereocenters. The maximum atomic E-state index is 11.9. The van der Waals surface area contributed by atoms with Crippen molar-refractivity contribution in [1.82, 2.24) is 29.7 Å². The van der Waals surface area contributed by atoms with Gasteiger partial charge in [0, 0.05) is 45.5 Å². The van der Waals surface area contributed by atoms with Crippen LogP contribution < -0.4 is 0 Å². The van der Waals surface area contributed by atoms with Crippen molar-refractivity contribution >= 4 is 60.1 Å². The number of non-ortho nitro benzene ring substituents is 1. The zero-order valence-electron chi connectivity index (χ0n) is 20.7. The molecule has 7 rings (SSSR count). The lowest BCUT2D eigenvalue weighted by Gasteiger charge is -2.03. The molecule has 4 heterocycles. The van der Waals surface area contributed by atoms with Gasteiger partial charge in [-0.05, 0) is 42.5 Å². The topological polar surface area (TPSA) is 159 Å². The minimum absolute atomic E-state index is 0.0747. The van der Waals surface area contributed by atoms with Gasteiger partial charge in [-0.15, -0.1) is 0 Å². The van der Waals surface area contributed by atoms with Gasteiger partial charge in [0.1, 0.15) is 17.2 Å². The Hall–Kier alpha value is -5.56. The number of hydrogen-bond acceptors (Lipinski definition) is 8. The molecule has 4 aromatic heterocycles. The summed E-state index contributed by atoms with van der Waals surface area (Å²) in [6.45, 7) is 0. The first-order chi connectivity index (χ1) is 19.9. The van der Waals surface area contributed by atoms with Crippen LogP contribution in [0.1, 0.15) is 0 Å². The van der Waals surface area contributed by atoms with Crippen molar-refractivity contribution in [2.24, 2.45) is 0 Å². The monoisotopic (exact) mass is 606 g/mol. The van der Waals surface area contributed by atoms with E-state index in [9.17, 15) is 20.2 Å². The molecule has 0 radical (unpaired) electrons. The molecule has 0 aliphatic heterocycles. The fraction of sp³-hybridized carbons (Fsp3) is 0. The maximum absolute atomic E-state index is 11.9. The van der Waals surface area contributed by atoms with Crippen molar-refractivity contribution < 1.29 is 9.85 Å². The zero-order chi connectivity index (χ0) is 28.2. The van der Waals surface area contributed by atoms with Crippen LogP contribution in [0.2, 0.25) is 0 Å². The summed E-state index contributed by atoms with van der Waals surface area (Å²) < 4.78 is 2.22. The number of nitro benzene ring substituents is 2. The van der Waals surface area contributed by atoms with Gasteiger partial charge in [-0.1, -0.05) is 28.1 Å². The van der Waals surface area contributed by atoms with E-state index in [1.54, 1.807) is 18.6 Å². The zero-order valence-corrected chi connectivity index (χ0v) is 22.3. The van der Waals surface area contributed by atoms with E-state index in [0.717, 1.165) is 43.4 Å². The van der Waals surface area contributed by atoms with Crippen molar-refractivity contribution in [3.63, 3.8) is 0 Å². The van der Waals surface area contributed by atoms with E-state index in [1.807, 2.05) is 48.5 Å². The third-order valence-electron chi connectivity index (χ3n) is 6.77. The molecule has 198 valence electrons. The Balaban J connectivity index is 1.51. The smallest absolute Gasteiger partial charge is 0.301 e. The highest BCUT2D eigenvalue weighted by Crippen LogP contribution is 2.37. The highest BCUT2D eigenvalue weighted by Gasteiger charge is 2.25. The SMILES string of the molecule is O=[N+]([O-])c1ccc(-n2cc(-c3nc4c5cccnc5c5ncccc5c4[nH]3)c(-c3ccc(Br)cc3)n2)c([N+](=O)[O-])c1. The number of aromatic amines is 1. The van der Waals surface area contributed by atoms with Gasteiger partial charge in [-0.3, -0.25) is 30.2 Å². The van der Waals surface area contributed by atoms with Gasteiger partial charge in [-0.2, -0.15) is 5.10 Å². The third kappa shape index (κ3) is 3.98. The second-order valence-electron chi connectivity index (χ2n) is 9.14. The predicted molar refractivity (Wildman–Crippen MR) is 156 cm³/mol. The van der Waals surface area contributed by atoms with Gasteiger partial charge in [0.25, 0.3) is 5.69 Å². The Labute approximate surface area is 237 Å². The average Bonchev–Trinajstić information content (AvgIpc) is 3.63. The number of H-pyrrole nitrogens is 1. The molecular weight excluding hydrogens is 592 g/mol. The van der Waals surface area contributed by atoms with Crippen molar-refractivity contribution in [3.05, 3.63) is 110 Å². The van der Waals surface area contributed by atoms with Crippen molar-refractivity contribution in [2.75, 3.05) is 0 Å². The standard InChI is InChI=1S/C28H15BrN8O4/c29-16-7-5-15(6-8-16)23-20(14-35(34-23)21-10-9-17(36(38)39)13-22(21)37(40)41)28-32-26-18-3-1-11-30-24(18)25-19(27(26)33-28)4-2-12-31-25/h1-14H,(H,32,33). The summed E-state index contributed by atoms with van der Waals surface area (Å²) in [5, 5.41) is 29.6. The predicted octanol–water partition coefficient (Wildman–Crippen LogP) is 6.76. The Bertz CT molecular complexity index is 2120. The minimum Gasteiger partial charge on any atom is -0.337 e. The summed E-state index contributed by atoms with van der Waals surface area (Å²) in [6.07, 6.45) is 5.05. The van der Waals surface area contributed by atoms with E-state index in [4.69, 9.17) is 10.1 Å².